The van der Waals surface area contributed by atoms with Crippen molar-refractivity contribution in [3.8, 4) is 5.75 Å². The zero-order valence-electron chi connectivity index (χ0n) is 16.9. The number of aryl methyl sites for hydroxylation is 1. The number of thioether (sulfide) groups is 1. The molecule has 150 valence electrons. The van der Waals surface area contributed by atoms with E-state index >= 15 is 0 Å². The van der Waals surface area contributed by atoms with Crippen molar-refractivity contribution in [1.29, 1.82) is 0 Å². The molecular weight excluding hydrogens is 378 g/mol. The van der Waals surface area contributed by atoms with Crippen LogP contribution < -0.4 is 10.1 Å². The maximum Gasteiger partial charge on any atom is 0.251 e. The molecule has 3 aromatic carbocycles. The Hall–Kier alpha value is -2.72. The summed E-state index contributed by atoms with van der Waals surface area (Å²) in [5.41, 5.74) is 2.98. The number of carbonyl (C=O) groups excluding carboxylic acids is 1. The fraction of sp³-hybridized carbons (Fsp3) is 0.240. The minimum absolute atomic E-state index is 0.0424. The first-order chi connectivity index (χ1) is 14.2. The second-order valence-electron chi connectivity index (χ2n) is 7.03. The van der Waals surface area contributed by atoms with E-state index in [9.17, 15) is 4.79 Å². The zero-order valence-corrected chi connectivity index (χ0v) is 17.7. The van der Waals surface area contributed by atoms with Gasteiger partial charge in [-0.2, -0.15) is 0 Å². The number of nitrogens with one attached hydrogen (secondary N) is 1. The highest BCUT2D eigenvalue weighted by molar-refractivity contribution is 7.98. The first-order valence-corrected chi connectivity index (χ1v) is 10.8. The van der Waals surface area contributed by atoms with Crippen LogP contribution in [0.3, 0.4) is 0 Å². The van der Waals surface area contributed by atoms with E-state index in [0.717, 1.165) is 29.9 Å². The molecule has 1 amide bonds. The Kier molecular flexibility index (Phi) is 7.77. The van der Waals surface area contributed by atoms with E-state index in [4.69, 9.17) is 4.74 Å². The van der Waals surface area contributed by atoms with E-state index in [2.05, 4.69) is 36.5 Å². The van der Waals surface area contributed by atoms with Crippen LogP contribution in [0.1, 0.15) is 34.8 Å². The van der Waals surface area contributed by atoms with Crippen molar-refractivity contribution in [3.63, 3.8) is 0 Å². The van der Waals surface area contributed by atoms with Crippen LogP contribution in [0.5, 0.6) is 5.75 Å². The van der Waals surface area contributed by atoms with Crippen molar-refractivity contribution in [3.05, 3.63) is 95.6 Å². The quantitative estimate of drug-likeness (QED) is 0.462. The van der Waals surface area contributed by atoms with E-state index < -0.39 is 0 Å². The predicted octanol–water partition coefficient (Wildman–Crippen LogP) is 5.74. The minimum Gasteiger partial charge on any atom is -0.496 e. The van der Waals surface area contributed by atoms with Crippen LogP contribution in [0.4, 0.5) is 0 Å². The number of carbonyl (C=O) groups is 1. The third-order valence-electron chi connectivity index (χ3n) is 4.77. The standard InChI is InChI=1S/C25H27NO2S/c1-19(13-14-20-9-5-3-6-10-20)26-25(27)21-15-16-24(28-2)22(17-21)18-29-23-11-7-4-8-12-23/h3-12,15-17,19H,13-14,18H2,1-2H3,(H,26,27). The smallest absolute Gasteiger partial charge is 0.251 e. The minimum atomic E-state index is -0.0424. The van der Waals surface area contributed by atoms with E-state index in [1.54, 1.807) is 18.9 Å². The molecule has 0 aliphatic carbocycles. The molecule has 1 N–H and O–H groups in total. The van der Waals surface area contributed by atoms with Crippen LogP contribution >= 0.6 is 11.8 Å². The van der Waals surface area contributed by atoms with E-state index in [1.807, 2.05) is 54.6 Å². The summed E-state index contributed by atoms with van der Waals surface area (Å²) in [6.45, 7) is 2.05. The monoisotopic (exact) mass is 405 g/mol. The molecule has 3 rings (SSSR count). The van der Waals surface area contributed by atoms with Crippen molar-refractivity contribution >= 4 is 17.7 Å². The number of hydrogen-bond acceptors (Lipinski definition) is 3. The van der Waals surface area contributed by atoms with Gasteiger partial charge in [-0.1, -0.05) is 48.5 Å². The van der Waals surface area contributed by atoms with Gasteiger partial charge in [0.25, 0.3) is 5.91 Å². The number of benzene rings is 3. The van der Waals surface area contributed by atoms with Gasteiger partial charge in [0.15, 0.2) is 0 Å². The Morgan fingerprint density at radius 1 is 1.00 bits per heavy atom. The average Bonchev–Trinajstić information content (AvgIpc) is 2.77. The van der Waals surface area contributed by atoms with Crippen LogP contribution in [0, 0.1) is 0 Å². The zero-order chi connectivity index (χ0) is 20.5. The van der Waals surface area contributed by atoms with Gasteiger partial charge in [-0.25, -0.2) is 0 Å². The van der Waals surface area contributed by atoms with Gasteiger partial charge in [-0.05, 0) is 55.7 Å². The Morgan fingerprint density at radius 2 is 1.69 bits per heavy atom. The maximum absolute atomic E-state index is 12.7. The van der Waals surface area contributed by atoms with Gasteiger partial charge < -0.3 is 10.1 Å². The predicted molar refractivity (Wildman–Crippen MR) is 121 cm³/mol. The molecule has 0 aliphatic rings. The third-order valence-corrected chi connectivity index (χ3v) is 5.83. The van der Waals surface area contributed by atoms with Gasteiger partial charge in [0.1, 0.15) is 5.75 Å². The number of amides is 1. The van der Waals surface area contributed by atoms with E-state index in [-0.39, 0.29) is 11.9 Å². The summed E-state index contributed by atoms with van der Waals surface area (Å²) in [5.74, 6) is 1.51. The average molecular weight is 406 g/mol. The molecule has 0 bridgehead atoms. The van der Waals surface area contributed by atoms with Crippen LogP contribution in [0.15, 0.2) is 83.8 Å². The molecule has 3 nitrogen and oxygen atoms in total. The molecule has 29 heavy (non-hydrogen) atoms. The summed E-state index contributed by atoms with van der Waals surface area (Å²) >= 11 is 1.73. The lowest BCUT2D eigenvalue weighted by molar-refractivity contribution is 0.0938. The van der Waals surface area contributed by atoms with Gasteiger partial charge in [0.05, 0.1) is 7.11 Å². The topological polar surface area (TPSA) is 38.3 Å². The van der Waals surface area contributed by atoms with Gasteiger partial charge >= 0.3 is 0 Å². The lowest BCUT2D eigenvalue weighted by atomic mass is 10.1. The molecule has 0 spiro atoms. The van der Waals surface area contributed by atoms with Crippen molar-refractivity contribution in [2.75, 3.05) is 7.11 Å². The summed E-state index contributed by atoms with van der Waals surface area (Å²) in [6, 6.07) is 26.3. The second kappa shape index (κ2) is 10.7. The second-order valence-corrected chi connectivity index (χ2v) is 8.08. The Bertz CT molecular complexity index is 913. The summed E-state index contributed by atoms with van der Waals surface area (Å²) in [7, 11) is 1.66. The van der Waals surface area contributed by atoms with Gasteiger partial charge in [-0.3, -0.25) is 4.79 Å². The summed E-state index contributed by atoms with van der Waals surface area (Å²) < 4.78 is 5.49. The molecule has 0 aromatic heterocycles. The summed E-state index contributed by atoms with van der Waals surface area (Å²) in [4.78, 5) is 13.9. The Morgan fingerprint density at radius 3 is 2.38 bits per heavy atom. The highest BCUT2D eigenvalue weighted by Crippen LogP contribution is 2.28. The molecule has 0 fully saturated rings. The number of ether oxygens (including phenoxy) is 1. The number of rotatable bonds is 9. The van der Waals surface area contributed by atoms with E-state index in [1.165, 1.54) is 10.5 Å². The molecule has 0 saturated heterocycles. The molecule has 3 aromatic rings. The van der Waals surface area contributed by atoms with Gasteiger partial charge in [0.2, 0.25) is 0 Å². The highest BCUT2D eigenvalue weighted by Gasteiger charge is 2.13. The van der Waals surface area contributed by atoms with Gasteiger partial charge in [-0.15, -0.1) is 11.8 Å². The molecule has 0 radical (unpaired) electrons. The Labute approximate surface area is 177 Å². The van der Waals surface area contributed by atoms with E-state index in [0.29, 0.717) is 5.56 Å². The van der Waals surface area contributed by atoms with Crippen molar-refractivity contribution in [2.24, 2.45) is 0 Å². The fourth-order valence-corrected chi connectivity index (χ4v) is 4.01. The number of methoxy groups -OCH3 is 1. The normalized spacial score (nSPS) is 11.7. The molecule has 0 aliphatic heterocycles. The maximum atomic E-state index is 12.7. The Balaban J connectivity index is 1.60. The SMILES string of the molecule is COc1ccc(C(=O)NC(C)CCc2ccccc2)cc1CSc1ccccc1. The molecule has 1 atom stereocenters. The lowest BCUT2D eigenvalue weighted by Crippen LogP contribution is -2.32. The molecule has 4 heteroatoms. The van der Waals surface area contributed by atoms with Crippen molar-refractivity contribution in [1.82, 2.24) is 5.32 Å². The van der Waals surface area contributed by atoms with Crippen molar-refractivity contribution < 1.29 is 9.53 Å². The first kappa shape index (κ1) is 21.0. The molecule has 1 unspecified atom stereocenters. The number of hydrogen-bond donors (Lipinski definition) is 1. The van der Waals surface area contributed by atoms with Crippen molar-refractivity contribution in [2.45, 2.75) is 36.5 Å². The van der Waals surface area contributed by atoms with Crippen LogP contribution in [0.25, 0.3) is 0 Å². The fourth-order valence-electron chi connectivity index (χ4n) is 3.12. The third kappa shape index (κ3) is 6.40. The lowest BCUT2D eigenvalue weighted by Gasteiger charge is -2.15. The first-order valence-electron chi connectivity index (χ1n) is 9.85. The van der Waals surface area contributed by atoms with Gasteiger partial charge in [0, 0.05) is 27.8 Å². The van der Waals surface area contributed by atoms with Crippen LogP contribution in [-0.2, 0) is 12.2 Å². The summed E-state index contributed by atoms with van der Waals surface area (Å²) in [6.07, 6.45) is 1.85. The molecule has 0 saturated carbocycles. The largest absolute Gasteiger partial charge is 0.496 e. The highest BCUT2D eigenvalue weighted by atomic mass is 32.2. The molecular formula is C25H27NO2S. The van der Waals surface area contributed by atoms with Crippen LogP contribution in [-0.4, -0.2) is 19.1 Å². The molecule has 0 heterocycles. The van der Waals surface area contributed by atoms with Crippen LogP contribution in [0.2, 0.25) is 0 Å². The summed E-state index contributed by atoms with van der Waals surface area (Å²) in [5, 5.41) is 3.12.